The zero-order valence-corrected chi connectivity index (χ0v) is 13.0. The van der Waals surface area contributed by atoms with Crippen LogP contribution in [0.4, 0.5) is 4.39 Å². The van der Waals surface area contributed by atoms with Gasteiger partial charge in [0.2, 0.25) is 10.0 Å². The van der Waals surface area contributed by atoms with Crippen molar-refractivity contribution in [2.75, 3.05) is 0 Å². The Kier molecular flexibility index (Phi) is 4.35. The van der Waals surface area contributed by atoms with Crippen LogP contribution in [0.5, 0.6) is 0 Å². The highest BCUT2D eigenvalue weighted by Crippen LogP contribution is 2.33. The number of nitriles is 1. The van der Waals surface area contributed by atoms with Crippen LogP contribution in [0.3, 0.4) is 0 Å². The molecule has 1 fully saturated rings. The summed E-state index contributed by atoms with van der Waals surface area (Å²) >= 11 is 0. The first-order valence-electron chi connectivity index (χ1n) is 6.99. The number of aryl methyl sites for hydroxylation is 1. The summed E-state index contributed by atoms with van der Waals surface area (Å²) in [6.45, 7) is 3.70. The Balaban J connectivity index is 2.32. The van der Waals surface area contributed by atoms with E-state index < -0.39 is 21.4 Å². The standard InChI is InChI=1S/C15H19FN2O2S/c1-11-5-7-15(10-17,8-6-11)18-21(19,20)14-9-13(16)4-3-12(14)2/h3-4,9,11,18H,5-8H2,1-2H3. The van der Waals surface area contributed by atoms with Gasteiger partial charge in [-0.05, 0) is 56.2 Å². The third-order valence-corrected chi connectivity index (χ3v) is 5.79. The van der Waals surface area contributed by atoms with Crippen molar-refractivity contribution in [1.82, 2.24) is 4.72 Å². The average Bonchev–Trinajstić information content (AvgIpc) is 2.44. The maximum absolute atomic E-state index is 13.3. The molecule has 21 heavy (non-hydrogen) atoms. The highest BCUT2D eigenvalue weighted by Gasteiger charge is 2.38. The van der Waals surface area contributed by atoms with Crippen molar-refractivity contribution in [3.05, 3.63) is 29.6 Å². The van der Waals surface area contributed by atoms with Crippen LogP contribution in [0, 0.1) is 30.0 Å². The lowest BCUT2D eigenvalue weighted by Gasteiger charge is -2.34. The highest BCUT2D eigenvalue weighted by atomic mass is 32.2. The molecular weight excluding hydrogens is 291 g/mol. The van der Waals surface area contributed by atoms with Crippen LogP contribution < -0.4 is 4.72 Å². The molecular formula is C15H19FN2O2S. The molecule has 6 heteroatoms. The summed E-state index contributed by atoms with van der Waals surface area (Å²) in [5, 5.41) is 9.41. The molecule has 0 radical (unpaired) electrons. The largest absolute Gasteiger partial charge is 0.242 e. The molecule has 1 saturated carbocycles. The summed E-state index contributed by atoms with van der Waals surface area (Å²) in [5.74, 6) is -0.115. The van der Waals surface area contributed by atoms with Crippen LogP contribution in [0.25, 0.3) is 0 Å². The zero-order chi connectivity index (χ0) is 15.7. The van der Waals surface area contributed by atoms with Crippen molar-refractivity contribution < 1.29 is 12.8 Å². The first-order chi connectivity index (χ1) is 9.78. The van der Waals surface area contributed by atoms with Gasteiger partial charge in [-0.3, -0.25) is 0 Å². The van der Waals surface area contributed by atoms with E-state index in [0.29, 0.717) is 24.3 Å². The first kappa shape index (κ1) is 15.9. The van der Waals surface area contributed by atoms with Gasteiger partial charge in [-0.1, -0.05) is 13.0 Å². The van der Waals surface area contributed by atoms with Crippen LogP contribution in [0.2, 0.25) is 0 Å². The summed E-state index contributed by atoms with van der Waals surface area (Å²) < 4.78 is 40.8. The van der Waals surface area contributed by atoms with Crippen molar-refractivity contribution >= 4 is 10.0 Å². The molecule has 1 aromatic rings. The third kappa shape index (κ3) is 3.42. The van der Waals surface area contributed by atoms with Crippen LogP contribution in [0.15, 0.2) is 23.1 Å². The smallest absolute Gasteiger partial charge is 0.207 e. The highest BCUT2D eigenvalue weighted by molar-refractivity contribution is 7.89. The Morgan fingerprint density at radius 2 is 2.00 bits per heavy atom. The summed E-state index contributed by atoms with van der Waals surface area (Å²) in [6, 6.07) is 5.75. The second-order valence-electron chi connectivity index (χ2n) is 5.89. The SMILES string of the molecule is Cc1ccc(F)cc1S(=O)(=O)NC1(C#N)CCC(C)CC1. The van der Waals surface area contributed by atoms with E-state index >= 15 is 0 Å². The molecule has 0 aromatic heterocycles. The number of hydrogen-bond donors (Lipinski definition) is 1. The number of benzene rings is 1. The molecule has 1 aromatic carbocycles. The van der Waals surface area contributed by atoms with Gasteiger partial charge in [0.05, 0.1) is 11.0 Å². The lowest BCUT2D eigenvalue weighted by molar-refractivity contribution is 0.278. The number of halogens is 1. The van der Waals surface area contributed by atoms with Crippen molar-refractivity contribution in [3.63, 3.8) is 0 Å². The molecule has 0 heterocycles. The topological polar surface area (TPSA) is 70.0 Å². The summed E-state index contributed by atoms with van der Waals surface area (Å²) in [5.41, 5.74) is -0.620. The van der Waals surface area contributed by atoms with E-state index in [4.69, 9.17) is 0 Å². The van der Waals surface area contributed by atoms with E-state index in [1.165, 1.54) is 12.1 Å². The Bertz CT molecular complexity index is 671. The second kappa shape index (κ2) is 5.74. The van der Waals surface area contributed by atoms with Gasteiger partial charge in [-0.2, -0.15) is 9.98 Å². The molecule has 0 atom stereocenters. The van der Waals surface area contributed by atoms with Crippen molar-refractivity contribution in [2.45, 2.75) is 50.0 Å². The minimum atomic E-state index is -3.91. The molecule has 114 valence electrons. The second-order valence-corrected chi connectivity index (χ2v) is 7.54. The summed E-state index contributed by atoms with van der Waals surface area (Å²) in [6.07, 6.45) is 2.58. The molecule has 0 unspecified atom stereocenters. The molecule has 4 nitrogen and oxygen atoms in total. The van der Waals surface area contributed by atoms with Crippen molar-refractivity contribution in [3.8, 4) is 6.07 Å². The van der Waals surface area contributed by atoms with Gasteiger partial charge in [-0.15, -0.1) is 0 Å². The first-order valence-corrected chi connectivity index (χ1v) is 8.48. The van der Waals surface area contributed by atoms with Gasteiger partial charge in [0.15, 0.2) is 0 Å². The lowest BCUT2D eigenvalue weighted by Crippen LogP contribution is -2.49. The molecule has 1 N–H and O–H groups in total. The molecule has 0 spiro atoms. The maximum atomic E-state index is 13.3. The normalized spacial score (nSPS) is 26.3. The predicted molar refractivity (Wildman–Crippen MR) is 77.4 cm³/mol. The molecule has 0 saturated heterocycles. The number of nitrogens with one attached hydrogen (secondary N) is 1. The van der Waals surface area contributed by atoms with Gasteiger partial charge >= 0.3 is 0 Å². The van der Waals surface area contributed by atoms with Gasteiger partial charge < -0.3 is 0 Å². The zero-order valence-electron chi connectivity index (χ0n) is 12.2. The fourth-order valence-corrected chi connectivity index (χ4v) is 4.30. The van der Waals surface area contributed by atoms with Crippen molar-refractivity contribution in [1.29, 1.82) is 5.26 Å². The van der Waals surface area contributed by atoms with E-state index in [1.54, 1.807) is 6.92 Å². The summed E-state index contributed by atoms with van der Waals surface area (Å²) in [4.78, 5) is -0.101. The van der Waals surface area contributed by atoms with E-state index in [-0.39, 0.29) is 4.90 Å². The fraction of sp³-hybridized carbons (Fsp3) is 0.533. The average molecular weight is 310 g/mol. The molecule has 0 amide bonds. The van der Waals surface area contributed by atoms with E-state index in [2.05, 4.69) is 17.7 Å². The minimum Gasteiger partial charge on any atom is -0.207 e. The van der Waals surface area contributed by atoms with Crippen LogP contribution in [-0.4, -0.2) is 14.0 Å². The molecule has 1 aliphatic rings. The lowest BCUT2D eigenvalue weighted by atomic mass is 9.79. The van der Waals surface area contributed by atoms with Gasteiger partial charge in [0.25, 0.3) is 0 Å². The minimum absolute atomic E-state index is 0.101. The molecule has 1 aliphatic carbocycles. The summed E-state index contributed by atoms with van der Waals surface area (Å²) in [7, 11) is -3.91. The molecule has 0 aliphatic heterocycles. The number of sulfonamides is 1. The Morgan fingerprint density at radius 3 is 2.57 bits per heavy atom. The van der Waals surface area contributed by atoms with E-state index in [0.717, 1.165) is 18.9 Å². The maximum Gasteiger partial charge on any atom is 0.242 e. The number of rotatable bonds is 3. The van der Waals surface area contributed by atoms with Crippen LogP contribution >= 0.6 is 0 Å². The number of hydrogen-bond acceptors (Lipinski definition) is 3. The van der Waals surface area contributed by atoms with Crippen molar-refractivity contribution in [2.24, 2.45) is 5.92 Å². The Morgan fingerprint density at radius 1 is 1.38 bits per heavy atom. The Labute approximate surface area is 125 Å². The monoisotopic (exact) mass is 310 g/mol. The van der Waals surface area contributed by atoms with Gasteiger partial charge in [0.1, 0.15) is 11.4 Å². The quantitative estimate of drug-likeness (QED) is 0.933. The van der Waals surface area contributed by atoms with Gasteiger partial charge in [0, 0.05) is 0 Å². The molecule has 0 bridgehead atoms. The van der Waals surface area contributed by atoms with Crippen LogP contribution in [0.1, 0.15) is 38.2 Å². The number of nitrogens with zero attached hydrogens (tertiary/aromatic N) is 1. The molecule has 2 rings (SSSR count). The fourth-order valence-electron chi connectivity index (χ4n) is 2.67. The van der Waals surface area contributed by atoms with Crippen LogP contribution in [-0.2, 0) is 10.0 Å². The van der Waals surface area contributed by atoms with E-state index in [1.807, 2.05) is 0 Å². The van der Waals surface area contributed by atoms with E-state index in [9.17, 15) is 18.1 Å². The third-order valence-electron chi connectivity index (χ3n) is 4.11. The predicted octanol–water partition coefficient (Wildman–Crippen LogP) is 2.88. The Hall–Kier alpha value is -1.45. The van der Waals surface area contributed by atoms with Gasteiger partial charge in [-0.25, -0.2) is 12.8 Å².